The number of amides is 1. The van der Waals surface area contributed by atoms with Crippen molar-refractivity contribution in [3.8, 4) is 11.8 Å². The Hall–Kier alpha value is -3.68. The lowest BCUT2D eigenvalue weighted by Gasteiger charge is -2.15. The number of benzene rings is 2. The summed E-state index contributed by atoms with van der Waals surface area (Å²) in [5, 5.41) is 2.42. The van der Waals surface area contributed by atoms with E-state index < -0.39 is 57.1 Å². The van der Waals surface area contributed by atoms with Gasteiger partial charge < -0.3 is 14.5 Å². The molecule has 0 aliphatic heterocycles. The highest BCUT2D eigenvalue weighted by Gasteiger charge is 2.30. The summed E-state index contributed by atoms with van der Waals surface area (Å²) in [5.74, 6) is -3.20. The van der Waals surface area contributed by atoms with E-state index in [1.165, 1.54) is 6.92 Å². The number of oxazole rings is 1. The first-order valence-electron chi connectivity index (χ1n) is 9.31. The third-order valence-electron chi connectivity index (χ3n) is 4.30. The zero-order chi connectivity index (χ0) is 25.3. The molecule has 0 saturated heterocycles. The van der Waals surface area contributed by atoms with Crippen LogP contribution in [0, 0.1) is 11.6 Å². The van der Waals surface area contributed by atoms with Gasteiger partial charge in [-0.15, -0.1) is 0 Å². The molecular formula is C20H16F5N3O5S. The number of carbonyl (C=O) groups excluding carboxylic acids is 1. The summed E-state index contributed by atoms with van der Waals surface area (Å²) in [6.45, 7) is 1.41. The molecule has 3 rings (SSSR count). The molecule has 1 heterocycles. The summed E-state index contributed by atoms with van der Waals surface area (Å²) in [7, 11) is -3.92. The van der Waals surface area contributed by atoms with Gasteiger partial charge in [-0.3, -0.25) is 9.52 Å². The standard InChI is InChI=1S/C20H16F5N3O5S/c1-10(11-7-14(21)17(15(22)8-11)28-34(2,30)31)26-18(29)16-9-32-19(27-16)33-13-5-3-12(4-6-13)20(23,24)25/h3-10,28H,1-2H3,(H,26,29). The molecule has 0 spiro atoms. The lowest BCUT2D eigenvalue weighted by molar-refractivity contribution is -0.137. The molecule has 0 saturated carbocycles. The Labute approximate surface area is 189 Å². The topological polar surface area (TPSA) is 111 Å². The van der Waals surface area contributed by atoms with E-state index in [1.807, 2.05) is 0 Å². The Morgan fingerprint density at radius 1 is 1.12 bits per heavy atom. The van der Waals surface area contributed by atoms with Gasteiger partial charge in [0.15, 0.2) is 17.3 Å². The summed E-state index contributed by atoms with van der Waals surface area (Å²) >= 11 is 0. The van der Waals surface area contributed by atoms with Crippen molar-refractivity contribution in [1.29, 1.82) is 0 Å². The van der Waals surface area contributed by atoms with E-state index in [0.29, 0.717) is 0 Å². The first-order chi connectivity index (χ1) is 15.7. The number of ether oxygens (including phenoxy) is 1. The number of hydrogen-bond acceptors (Lipinski definition) is 6. The van der Waals surface area contributed by atoms with Gasteiger partial charge in [-0.1, -0.05) is 0 Å². The van der Waals surface area contributed by atoms with Crippen LogP contribution < -0.4 is 14.8 Å². The number of rotatable bonds is 7. The molecule has 8 nitrogen and oxygen atoms in total. The Morgan fingerprint density at radius 3 is 2.24 bits per heavy atom. The largest absolute Gasteiger partial charge is 0.416 e. The maximum absolute atomic E-state index is 14.2. The number of alkyl halides is 3. The smallest absolute Gasteiger partial charge is 0.416 e. The molecular weight excluding hydrogens is 489 g/mol. The average Bonchev–Trinajstić information content (AvgIpc) is 3.18. The normalized spacial score (nSPS) is 12.8. The number of aromatic nitrogens is 1. The van der Waals surface area contributed by atoms with Crippen molar-refractivity contribution in [3.05, 3.63) is 71.1 Å². The number of halogens is 5. The van der Waals surface area contributed by atoms with Crippen molar-refractivity contribution in [3.63, 3.8) is 0 Å². The van der Waals surface area contributed by atoms with Crippen molar-refractivity contribution < 1.29 is 44.3 Å². The number of carbonyl (C=O) groups is 1. The molecule has 3 aromatic rings. The van der Waals surface area contributed by atoms with Crippen LogP contribution in [-0.4, -0.2) is 25.6 Å². The highest BCUT2D eigenvalue weighted by molar-refractivity contribution is 7.92. The second kappa shape index (κ2) is 9.29. The summed E-state index contributed by atoms with van der Waals surface area (Å²) < 4.78 is 101. The quantitative estimate of drug-likeness (QED) is 0.453. The van der Waals surface area contributed by atoms with Crippen molar-refractivity contribution in [1.82, 2.24) is 10.3 Å². The van der Waals surface area contributed by atoms with Crippen LogP contribution in [0.5, 0.6) is 11.8 Å². The second-order valence-corrected chi connectivity index (χ2v) is 8.80. The summed E-state index contributed by atoms with van der Waals surface area (Å²) in [6.07, 6.45) is -3.29. The fourth-order valence-corrected chi connectivity index (χ4v) is 3.27. The molecule has 0 aliphatic carbocycles. The van der Waals surface area contributed by atoms with Crippen LogP contribution in [0.1, 0.15) is 34.6 Å². The predicted molar refractivity (Wildman–Crippen MR) is 109 cm³/mol. The van der Waals surface area contributed by atoms with E-state index in [4.69, 9.17) is 9.15 Å². The van der Waals surface area contributed by atoms with Gasteiger partial charge in [0.05, 0.1) is 17.9 Å². The molecule has 1 atom stereocenters. The van der Waals surface area contributed by atoms with Gasteiger partial charge in [0.2, 0.25) is 10.0 Å². The molecule has 1 unspecified atom stereocenters. The summed E-state index contributed by atoms with van der Waals surface area (Å²) in [5.41, 5.74) is -2.02. The number of nitrogens with zero attached hydrogens (tertiary/aromatic N) is 1. The summed E-state index contributed by atoms with van der Waals surface area (Å²) in [4.78, 5) is 16.1. The van der Waals surface area contributed by atoms with Crippen molar-refractivity contribution >= 4 is 21.6 Å². The zero-order valence-corrected chi connectivity index (χ0v) is 18.2. The van der Waals surface area contributed by atoms with Gasteiger partial charge in [0.25, 0.3) is 5.91 Å². The van der Waals surface area contributed by atoms with Gasteiger partial charge in [-0.2, -0.15) is 18.2 Å². The van der Waals surface area contributed by atoms with E-state index >= 15 is 0 Å². The monoisotopic (exact) mass is 505 g/mol. The molecule has 182 valence electrons. The van der Waals surface area contributed by atoms with Gasteiger partial charge >= 0.3 is 12.3 Å². The first-order valence-corrected chi connectivity index (χ1v) is 11.2. The summed E-state index contributed by atoms with van der Waals surface area (Å²) in [6, 6.07) is 4.44. The zero-order valence-electron chi connectivity index (χ0n) is 17.4. The Kier molecular flexibility index (Phi) is 6.82. The molecule has 14 heteroatoms. The SMILES string of the molecule is CC(NC(=O)c1coc(Oc2ccc(C(F)(F)F)cc2)n1)c1cc(F)c(NS(C)(=O)=O)c(F)c1. The van der Waals surface area contributed by atoms with Crippen molar-refractivity contribution in [2.75, 3.05) is 11.0 Å². The third kappa shape index (κ3) is 6.21. The van der Waals surface area contributed by atoms with Crippen LogP contribution in [0.25, 0.3) is 0 Å². The molecule has 2 N–H and O–H groups in total. The molecule has 0 aliphatic rings. The lowest BCUT2D eigenvalue weighted by atomic mass is 10.1. The third-order valence-corrected chi connectivity index (χ3v) is 4.88. The maximum atomic E-state index is 14.2. The van der Waals surface area contributed by atoms with E-state index in [0.717, 1.165) is 48.9 Å². The van der Waals surface area contributed by atoms with Crippen LogP contribution in [0.3, 0.4) is 0 Å². The Morgan fingerprint density at radius 2 is 1.71 bits per heavy atom. The number of anilines is 1. The molecule has 2 aromatic carbocycles. The number of nitrogens with one attached hydrogen (secondary N) is 2. The molecule has 0 radical (unpaired) electrons. The van der Waals surface area contributed by atoms with E-state index in [1.54, 1.807) is 4.72 Å². The Balaban J connectivity index is 1.67. The van der Waals surface area contributed by atoms with Gasteiger partial charge in [0, 0.05) is 0 Å². The van der Waals surface area contributed by atoms with E-state index in [2.05, 4.69) is 10.3 Å². The predicted octanol–water partition coefficient (Wildman–Crippen LogP) is 4.63. The van der Waals surface area contributed by atoms with Crippen LogP contribution in [0.15, 0.2) is 47.1 Å². The molecule has 34 heavy (non-hydrogen) atoms. The highest BCUT2D eigenvalue weighted by atomic mass is 32.2. The van der Waals surface area contributed by atoms with Crippen LogP contribution in [0.2, 0.25) is 0 Å². The maximum Gasteiger partial charge on any atom is 0.416 e. The molecule has 0 fully saturated rings. The van der Waals surface area contributed by atoms with Crippen LogP contribution >= 0.6 is 0 Å². The lowest BCUT2D eigenvalue weighted by Crippen LogP contribution is -2.27. The van der Waals surface area contributed by atoms with E-state index in [9.17, 15) is 35.2 Å². The fraction of sp³-hybridized carbons (Fsp3) is 0.200. The van der Waals surface area contributed by atoms with Gasteiger partial charge in [-0.05, 0) is 48.9 Å². The number of sulfonamides is 1. The Bertz CT molecular complexity index is 1280. The van der Waals surface area contributed by atoms with Crippen LogP contribution in [-0.2, 0) is 16.2 Å². The van der Waals surface area contributed by atoms with Crippen molar-refractivity contribution in [2.24, 2.45) is 0 Å². The van der Waals surface area contributed by atoms with Crippen molar-refractivity contribution in [2.45, 2.75) is 19.1 Å². The molecule has 0 bridgehead atoms. The minimum absolute atomic E-state index is 0.00729. The second-order valence-electron chi connectivity index (χ2n) is 7.05. The highest BCUT2D eigenvalue weighted by Crippen LogP contribution is 2.31. The molecule has 1 amide bonds. The first kappa shape index (κ1) is 25.0. The fourth-order valence-electron chi connectivity index (χ4n) is 2.70. The minimum atomic E-state index is -4.51. The van der Waals surface area contributed by atoms with E-state index in [-0.39, 0.29) is 17.0 Å². The number of hydrogen-bond donors (Lipinski definition) is 2. The van der Waals surface area contributed by atoms with Gasteiger partial charge in [0.1, 0.15) is 17.7 Å². The molecule has 1 aromatic heterocycles. The van der Waals surface area contributed by atoms with Crippen LogP contribution in [0.4, 0.5) is 27.6 Å². The average molecular weight is 505 g/mol. The minimum Gasteiger partial charge on any atom is -0.416 e. The van der Waals surface area contributed by atoms with Gasteiger partial charge in [-0.25, -0.2) is 17.2 Å².